The molecule has 30 heavy (non-hydrogen) atoms. The third kappa shape index (κ3) is 4.32. The van der Waals surface area contributed by atoms with Crippen LogP contribution in [0.4, 0.5) is 0 Å². The average molecular weight is 418 g/mol. The fourth-order valence-corrected chi connectivity index (χ4v) is 5.43. The van der Waals surface area contributed by atoms with Crippen molar-refractivity contribution in [3.63, 3.8) is 0 Å². The molecule has 3 aromatic carbocycles. The van der Waals surface area contributed by atoms with Gasteiger partial charge in [-0.3, -0.25) is 4.90 Å². The maximum atomic E-state index is 6.81. The van der Waals surface area contributed by atoms with Crippen molar-refractivity contribution in [1.29, 1.82) is 0 Å². The quantitative estimate of drug-likeness (QED) is 0.445. The van der Waals surface area contributed by atoms with Crippen LogP contribution in [0, 0.1) is 0 Å². The summed E-state index contributed by atoms with van der Waals surface area (Å²) >= 11 is 6.31. The van der Waals surface area contributed by atoms with Crippen LogP contribution in [0.5, 0.6) is 0 Å². The van der Waals surface area contributed by atoms with Gasteiger partial charge in [-0.25, -0.2) is 0 Å². The van der Waals surface area contributed by atoms with E-state index in [1.54, 1.807) is 0 Å². The second-order valence-corrected chi connectivity index (χ2v) is 9.05. The normalized spacial score (nSPS) is 24.6. The zero-order valence-corrected chi connectivity index (χ0v) is 17.9. The minimum atomic E-state index is -0.0741. The molecule has 0 N–H and O–H groups in total. The number of ether oxygens (including phenoxy) is 1. The van der Waals surface area contributed by atoms with Crippen LogP contribution in [0.3, 0.4) is 0 Å². The molecule has 0 aromatic heterocycles. The van der Waals surface area contributed by atoms with Gasteiger partial charge in [0, 0.05) is 23.7 Å². The van der Waals surface area contributed by atoms with Crippen LogP contribution < -0.4 is 0 Å². The maximum Gasteiger partial charge on any atom is 0.108 e. The van der Waals surface area contributed by atoms with Gasteiger partial charge in [-0.15, -0.1) is 0 Å². The lowest BCUT2D eigenvalue weighted by Gasteiger charge is -2.40. The summed E-state index contributed by atoms with van der Waals surface area (Å²) in [5, 5.41) is 0.759. The molecule has 2 aliphatic heterocycles. The molecule has 2 aliphatic rings. The Morgan fingerprint density at radius 2 is 1.43 bits per heavy atom. The molecule has 0 amide bonds. The first kappa shape index (κ1) is 19.8. The standard InChI is InChI=1S/C27H28ClNO/c28-23-13-7-12-22(16-23)27(21-10-5-2-6-11-21)30-26-17-24-14-15-25(18-26)29(24)19-20-8-3-1-4-9-20/h1-13,16,24-27H,14-15,17-19H2/t24-,25+,26?,27?. The molecule has 2 heterocycles. The first-order valence-corrected chi connectivity index (χ1v) is 11.4. The van der Waals surface area contributed by atoms with Gasteiger partial charge in [0.25, 0.3) is 0 Å². The highest BCUT2D eigenvalue weighted by Crippen LogP contribution is 2.40. The van der Waals surface area contributed by atoms with Gasteiger partial charge in [-0.05, 0) is 54.5 Å². The molecule has 0 radical (unpaired) electrons. The van der Waals surface area contributed by atoms with Gasteiger partial charge >= 0.3 is 0 Å². The predicted octanol–water partition coefficient (Wildman–Crippen LogP) is 6.64. The molecule has 2 bridgehead atoms. The Hall–Kier alpha value is -2.13. The topological polar surface area (TPSA) is 12.5 Å². The molecule has 2 fully saturated rings. The van der Waals surface area contributed by atoms with Crippen molar-refractivity contribution < 1.29 is 4.74 Å². The summed E-state index contributed by atoms with van der Waals surface area (Å²) in [6.07, 6.45) is 4.98. The van der Waals surface area contributed by atoms with E-state index in [2.05, 4.69) is 71.6 Å². The summed E-state index contributed by atoms with van der Waals surface area (Å²) in [5.41, 5.74) is 3.74. The van der Waals surface area contributed by atoms with Gasteiger partial charge in [0.2, 0.25) is 0 Å². The van der Waals surface area contributed by atoms with Crippen LogP contribution in [-0.4, -0.2) is 23.1 Å². The van der Waals surface area contributed by atoms with Gasteiger partial charge in [-0.1, -0.05) is 84.4 Å². The highest BCUT2D eigenvalue weighted by atomic mass is 35.5. The van der Waals surface area contributed by atoms with Crippen molar-refractivity contribution in [1.82, 2.24) is 4.90 Å². The molecule has 4 atom stereocenters. The highest BCUT2D eigenvalue weighted by Gasteiger charge is 2.41. The van der Waals surface area contributed by atoms with Crippen LogP contribution in [0.2, 0.25) is 5.02 Å². The number of halogens is 1. The van der Waals surface area contributed by atoms with Crippen LogP contribution in [0.1, 0.15) is 48.5 Å². The monoisotopic (exact) mass is 417 g/mol. The van der Waals surface area contributed by atoms with Crippen molar-refractivity contribution in [3.8, 4) is 0 Å². The fourth-order valence-electron chi connectivity index (χ4n) is 5.23. The smallest absolute Gasteiger partial charge is 0.108 e. The zero-order valence-electron chi connectivity index (χ0n) is 17.2. The Morgan fingerprint density at radius 3 is 2.10 bits per heavy atom. The summed E-state index contributed by atoms with van der Waals surface area (Å²) in [6.45, 7) is 1.05. The second kappa shape index (κ2) is 8.93. The van der Waals surface area contributed by atoms with E-state index in [0.29, 0.717) is 12.1 Å². The van der Waals surface area contributed by atoms with E-state index in [4.69, 9.17) is 16.3 Å². The van der Waals surface area contributed by atoms with Crippen molar-refractivity contribution >= 4 is 11.6 Å². The Morgan fingerprint density at radius 1 is 0.800 bits per heavy atom. The number of hydrogen-bond acceptors (Lipinski definition) is 2. The van der Waals surface area contributed by atoms with Crippen LogP contribution in [0.15, 0.2) is 84.9 Å². The Balaban J connectivity index is 1.33. The lowest BCUT2D eigenvalue weighted by atomic mass is 9.96. The molecule has 154 valence electrons. The molecule has 2 nitrogen and oxygen atoms in total. The fraction of sp³-hybridized carbons (Fsp3) is 0.333. The molecule has 3 aromatic rings. The van der Waals surface area contributed by atoms with E-state index < -0.39 is 0 Å². The number of fused-ring (bicyclic) bond motifs is 2. The van der Waals surface area contributed by atoms with E-state index in [0.717, 1.165) is 30.0 Å². The van der Waals surface area contributed by atoms with E-state index >= 15 is 0 Å². The number of hydrogen-bond donors (Lipinski definition) is 0. The largest absolute Gasteiger partial charge is 0.365 e. The molecule has 2 unspecified atom stereocenters. The van der Waals surface area contributed by atoms with Crippen LogP contribution in [0.25, 0.3) is 0 Å². The van der Waals surface area contributed by atoms with Crippen molar-refractivity contribution in [2.45, 2.75) is 56.5 Å². The van der Waals surface area contributed by atoms with Crippen molar-refractivity contribution in [2.24, 2.45) is 0 Å². The predicted molar refractivity (Wildman–Crippen MR) is 123 cm³/mol. The van der Waals surface area contributed by atoms with Crippen LogP contribution in [-0.2, 0) is 11.3 Å². The number of piperidine rings is 1. The molecule has 5 rings (SSSR count). The van der Waals surface area contributed by atoms with Crippen LogP contribution >= 0.6 is 11.6 Å². The molecule has 2 saturated heterocycles. The summed E-state index contributed by atoms with van der Waals surface area (Å²) in [4.78, 5) is 2.71. The van der Waals surface area contributed by atoms with Crippen molar-refractivity contribution in [2.75, 3.05) is 0 Å². The summed E-state index contributed by atoms with van der Waals surface area (Å²) in [6, 6.07) is 30.7. The minimum absolute atomic E-state index is 0.0741. The molecule has 3 heteroatoms. The summed E-state index contributed by atoms with van der Waals surface area (Å²) in [7, 11) is 0. The Labute approximate surface area is 184 Å². The highest BCUT2D eigenvalue weighted by molar-refractivity contribution is 6.30. The van der Waals surface area contributed by atoms with Gasteiger partial charge < -0.3 is 4.74 Å². The summed E-state index contributed by atoms with van der Waals surface area (Å²) in [5.74, 6) is 0. The Bertz CT molecular complexity index is 947. The summed E-state index contributed by atoms with van der Waals surface area (Å²) < 4.78 is 6.81. The molecule has 0 saturated carbocycles. The van der Waals surface area contributed by atoms with Gasteiger partial charge in [0.15, 0.2) is 0 Å². The van der Waals surface area contributed by atoms with E-state index in [-0.39, 0.29) is 12.2 Å². The molecule has 0 aliphatic carbocycles. The second-order valence-electron chi connectivity index (χ2n) is 8.62. The molecular weight excluding hydrogens is 390 g/mol. The minimum Gasteiger partial charge on any atom is -0.365 e. The Kier molecular flexibility index (Phi) is 5.90. The van der Waals surface area contributed by atoms with Gasteiger partial charge in [-0.2, -0.15) is 0 Å². The van der Waals surface area contributed by atoms with Gasteiger partial charge in [0.05, 0.1) is 6.10 Å². The number of rotatable bonds is 6. The first-order valence-electron chi connectivity index (χ1n) is 11.0. The molecule has 0 spiro atoms. The number of benzene rings is 3. The van der Waals surface area contributed by atoms with E-state index in [1.807, 2.05) is 18.2 Å². The molecular formula is C27H28ClNO. The lowest BCUT2D eigenvalue weighted by molar-refractivity contribution is -0.0501. The van der Waals surface area contributed by atoms with Crippen molar-refractivity contribution in [3.05, 3.63) is 107 Å². The third-order valence-electron chi connectivity index (χ3n) is 6.63. The lowest BCUT2D eigenvalue weighted by Crippen LogP contribution is -2.45. The zero-order chi connectivity index (χ0) is 20.3. The third-order valence-corrected chi connectivity index (χ3v) is 6.87. The first-order chi connectivity index (χ1) is 14.8. The maximum absolute atomic E-state index is 6.81. The van der Waals surface area contributed by atoms with Gasteiger partial charge in [0.1, 0.15) is 6.10 Å². The SMILES string of the molecule is Clc1cccc(C(OC2C[C@H]3CC[C@@H](C2)N3Cc2ccccc2)c2ccccc2)c1. The van der Waals surface area contributed by atoms with E-state index in [1.165, 1.54) is 24.0 Å². The van der Waals surface area contributed by atoms with E-state index in [9.17, 15) is 0 Å². The average Bonchev–Trinajstić information content (AvgIpc) is 3.01. The number of nitrogens with zero attached hydrogens (tertiary/aromatic N) is 1.